The minimum absolute atomic E-state index is 0.469. The average Bonchev–Trinajstić information content (AvgIpc) is 2.67. The molecular formula is C9H14ClN3. The first-order chi connectivity index (χ1) is 6.42. The van der Waals surface area contributed by atoms with Gasteiger partial charge in [0.25, 0.3) is 0 Å². The van der Waals surface area contributed by atoms with Crippen LogP contribution in [-0.4, -0.2) is 14.8 Å². The Morgan fingerprint density at radius 2 is 2.15 bits per heavy atom. The lowest BCUT2D eigenvalue weighted by molar-refractivity contribution is 0.347. The van der Waals surface area contributed by atoms with Crippen LogP contribution in [0.1, 0.15) is 44.0 Å². The molecule has 3 nitrogen and oxygen atoms in total. The van der Waals surface area contributed by atoms with E-state index in [9.17, 15) is 0 Å². The van der Waals surface area contributed by atoms with Crippen LogP contribution < -0.4 is 0 Å². The van der Waals surface area contributed by atoms with Gasteiger partial charge in [0.05, 0.1) is 5.88 Å². The Morgan fingerprint density at radius 3 is 2.85 bits per heavy atom. The predicted molar refractivity (Wildman–Crippen MR) is 51.7 cm³/mol. The van der Waals surface area contributed by atoms with Gasteiger partial charge in [-0.1, -0.05) is 19.3 Å². The smallest absolute Gasteiger partial charge is 0.148 e. The standard InChI is InChI=1S/C9H14ClN3/c10-6-9-12-11-7-13(9)8-4-2-1-3-5-8/h7-8H,1-6H2. The monoisotopic (exact) mass is 199 g/mol. The van der Waals surface area contributed by atoms with Gasteiger partial charge >= 0.3 is 0 Å². The molecule has 0 radical (unpaired) electrons. The molecule has 0 N–H and O–H groups in total. The highest BCUT2D eigenvalue weighted by Crippen LogP contribution is 2.28. The molecule has 1 aromatic heterocycles. The van der Waals surface area contributed by atoms with Crippen molar-refractivity contribution in [2.24, 2.45) is 0 Å². The van der Waals surface area contributed by atoms with Crippen molar-refractivity contribution in [2.45, 2.75) is 44.0 Å². The van der Waals surface area contributed by atoms with Gasteiger partial charge in [-0.2, -0.15) is 0 Å². The second-order valence-electron chi connectivity index (χ2n) is 3.58. The highest BCUT2D eigenvalue weighted by molar-refractivity contribution is 6.16. The van der Waals surface area contributed by atoms with Gasteiger partial charge in [0.15, 0.2) is 0 Å². The molecule has 0 spiro atoms. The third-order valence-electron chi connectivity index (χ3n) is 2.73. The van der Waals surface area contributed by atoms with Crippen LogP contribution >= 0.6 is 11.6 Å². The summed E-state index contributed by atoms with van der Waals surface area (Å²) in [6.07, 6.45) is 8.33. The molecule has 1 fully saturated rings. The zero-order valence-electron chi connectivity index (χ0n) is 7.62. The van der Waals surface area contributed by atoms with Crippen molar-refractivity contribution in [1.82, 2.24) is 14.8 Å². The van der Waals surface area contributed by atoms with Crippen molar-refractivity contribution in [1.29, 1.82) is 0 Å². The first-order valence-corrected chi connectivity index (χ1v) is 5.39. The summed E-state index contributed by atoms with van der Waals surface area (Å²) < 4.78 is 2.14. The molecule has 0 bridgehead atoms. The molecule has 1 saturated carbocycles. The van der Waals surface area contributed by atoms with E-state index in [1.807, 2.05) is 6.33 Å². The van der Waals surface area contributed by atoms with Gasteiger partial charge in [-0.25, -0.2) is 0 Å². The lowest BCUT2D eigenvalue weighted by Gasteiger charge is -2.23. The Hall–Kier alpha value is -0.570. The van der Waals surface area contributed by atoms with E-state index in [1.165, 1.54) is 32.1 Å². The Balaban J connectivity index is 2.13. The Bertz CT molecular complexity index is 266. The fraction of sp³-hybridized carbons (Fsp3) is 0.778. The van der Waals surface area contributed by atoms with Gasteiger partial charge in [-0.3, -0.25) is 0 Å². The maximum absolute atomic E-state index is 5.77. The van der Waals surface area contributed by atoms with E-state index in [4.69, 9.17) is 11.6 Å². The fourth-order valence-electron chi connectivity index (χ4n) is 2.03. The second kappa shape index (κ2) is 4.09. The third-order valence-corrected chi connectivity index (χ3v) is 2.97. The highest BCUT2D eigenvalue weighted by Gasteiger charge is 2.17. The summed E-state index contributed by atoms with van der Waals surface area (Å²) >= 11 is 5.77. The first kappa shape index (κ1) is 9.00. The van der Waals surface area contributed by atoms with Gasteiger partial charge < -0.3 is 4.57 Å². The van der Waals surface area contributed by atoms with E-state index in [2.05, 4.69) is 14.8 Å². The molecular weight excluding hydrogens is 186 g/mol. The van der Waals surface area contributed by atoms with Crippen molar-refractivity contribution in [3.05, 3.63) is 12.2 Å². The molecule has 0 atom stereocenters. The SMILES string of the molecule is ClCc1nncn1C1CCCCC1. The van der Waals surface area contributed by atoms with E-state index >= 15 is 0 Å². The summed E-state index contributed by atoms with van der Waals surface area (Å²) in [6.45, 7) is 0. The predicted octanol–water partition coefficient (Wildman–Crippen LogP) is 2.52. The summed E-state index contributed by atoms with van der Waals surface area (Å²) in [4.78, 5) is 0. The normalized spacial score (nSPS) is 19.2. The fourth-order valence-corrected chi connectivity index (χ4v) is 2.22. The van der Waals surface area contributed by atoms with E-state index in [0.717, 1.165) is 5.82 Å². The number of alkyl halides is 1. The maximum Gasteiger partial charge on any atom is 0.148 e. The van der Waals surface area contributed by atoms with Crippen LogP contribution in [0.15, 0.2) is 6.33 Å². The summed E-state index contributed by atoms with van der Waals surface area (Å²) in [7, 11) is 0. The zero-order valence-corrected chi connectivity index (χ0v) is 8.37. The van der Waals surface area contributed by atoms with Crippen molar-refractivity contribution >= 4 is 11.6 Å². The van der Waals surface area contributed by atoms with Crippen LogP contribution in [0.3, 0.4) is 0 Å². The summed E-state index contributed by atoms with van der Waals surface area (Å²) in [5.41, 5.74) is 0. The number of hydrogen-bond acceptors (Lipinski definition) is 2. The molecule has 0 amide bonds. The molecule has 72 valence electrons. The number of halogens is 1. The molecule has 13 heavy (non-hydrogen) atoms. The molecule has 0 saturated heterocycles. The highest BCUT2D eigenvalue weighted by atomic mass is 35.5. The van der Waals surface area contributed by atoms with E-state index in [-0.39, 0.29) is 0 Å². The first-order valence-electron chi connectivity index (χ1n) is 4.86. The van der Waals surface area contributed by atoms with E-state index < -0.39 is 0 Å². The Morgan fingerprint density at radius 1 is 1.38 bits per heavy atom. The van der Waals surface area contributed by atoms with Crippen LogP contribution in [0.5, 0.6) is 0 Å². The molecule has 4 heteroatoms. The van der Waals surface area contributed by atoms with Crippen molar-refractivity contribution in [2.75, 3.05) is 0 Å². The molecule has 2 rings (SSSR count). The number of nitrogens with zero attached hydrogens (tertiary/aromatic N) is 3. The molecule has 0 unspecified atom stereocenters. The van der Waals surface area contributed by atoms with Crippen LogP contribution in [-0.2, 0) is 5.88 Å². The lowest BCUT2D eigenvalue weighted by Crippen LogP contribution is -2.14. The van der Waals surface area contributed by atoms with Gasteiger partial charge in [0.2, 0.25) is 0 Å². The van der Waals surface area contributed by atoms with Crippen molar-refractivity contribution < 1.29 is 0 Å². The summed E-state index contributed by atoms with van der Waals surface area (Å²) in [5.74, 6) is 1.38. The molecule has 0 aromatic carbocycles. The van der Waals surface area contributed by atoms with Crippen molar-refractivity contribution in [3.8, 4) is 0 Å². The summed E-state index contributed by atoms with van der Waals surface area (Å²) in [5, 5.41) is 7.89. The summed E-state index contributed by atoms with van der Waals surface area (Å²) in [6, 6.07) is 0.595. The maximum atomic E-state index is 5.77. The lowest BCUT2D eigenvalue weighted by atomic mass is 9.95. The largest absolute Gasteiger partial charge is 0.313 e. The number of rotatable bonds is 2. The quantitative estimate of drug-likeness (QED) is 0.686. The molecule has 0 aliphatic heterocycles. The van der Waals surface area contributed by atoms with E-state index in [0.29, 0.717) is 11.9 Å². The van der Waals surface area contributed by atoms with Crippen molar-refractivity contribution in [3.63, 3.8) is 0 Å². The topological polar surface area (TPSA) is 30.7 Å². The van der Waals surface area contributed by atoms with Gasteiger partial charge in [0.1, 0.15) is 12.2 Å². The third kappa shape index (κ3) is 1.85. The van der Waals surface area contributed by atoms with Gasteiger partial charge in [-0.05, 0) is 12.8 Å². The second-order valence-corrected chi connectivity index (χ2v) is 3.85. The minimum Gasteiger partial charge on any atom is -0.313 e. The van der Waals surface area contributed by atoms with E-state index in [1.54, 1.807) is 0 Å². The van der Waals surface area contributed by atoms with Crippen LogP contribution in [0.2, 0.25) is 0 Å². The zero-order chi connectivity index (χ0) is 9.10. The minimum atomic E-state index is 0.469. The Labute approximate surface area is 83.1 Å². The molecule has 1 aliphatic rings. The van der Waals surface area contributed by atoms with Crippen LogP contribution in [0.4, 0.5) is 0 Å². The molecule has 1 heterocycles. The molecule has 1 aliphatic carbocycles. The van der Waals surface area contributed by atoms with Crippen LogP contribution in [0, 0.1) is 0 Å². The number of hydrogen-bond donors (Lipinski definition) is 0. The van der Waals surface area contributed by atoms with Gasteiger partial charge in [-0.15, -0.1) is 21.8 Å². The Kier molecular flexibility index (Phi) is 2.83. The van der Waals surface area contributed by atoms with Crippen LogP contribution in [0.25, 0.3) is 0 Å². The molecule has 1 aromatic rings. The number of aromatic nitrogens is 3. The van der Waals surface area contributed by atoms with Gasteiger partial charge in [0, 0.05) is 6.04 Å². The average molecular weight is 200 g/mol.